The number of rotatable bonds is 5. The number of carbonyl (C=O) groups is 2. The average molecular weight is 401 g/mol. The molecule has 0 aliphatic heterocycles. The summed E-state index contributed by atoms with van der Waals surface area (Å²) >= 11 is 0. The fourth-order valence-electron chi connectivity index (χ4n) is 8.86. The first-order valence-electron chi connectivity index (χ1n) is 12.7. The first-order chi connectivity index (χ1) is 13.7. The molecule has 0 aromatic rings. The Kier molecular flexibility index (Phi) is 5.79. The van der Waals surface area contributed by atoms with Gasteiger partial charge in [-0.2, -0.15) is 0 Å². The average Bonchev–Trinajstić information content (AvgIpc) is 3.00. The van der Waals surface area contributed by atoms with E-state index in [9.17, 15) is 9.59 Å². The van der Waals surface area contributed by atoms with Crippen LogP contribution in [0.3, 0.4) is 0 Å². The van der Waals surface area contributed by atoms with Gasteiger partial charge >= 0.3 is 0 Å². The molecule has 29 heavy (non-hydrogen) atoms. The molecule has 4 fully saturated rings. The predicted molar refractivity (Wildman–Crippen MR) is 118 cm³/mol. The van der Waals surface area contributed by atoms with Crippen molar-refractivity contribution >= 4 is 11.6 Å². The van der Waals surface area contributed by atoms with Crippen LogP contribution >= 0.6 is 0 Å². The summed E-state index contributed by atoms with van der Waals surface area (Å²) in [6.45, 7) is 12.2. The summed E-state index contributed by atoms with van der Waals surface area (Å²) in [4.78, 5) is 25.3. The molecule has 0 aromatic heterocycles. The Balaban J connectivity index is 1.51. The summed E-state index contributed by atoms with van der Waals surface area (Å²) < 4.78 is 0. The van der Waals surface area contributed by atoms with Crippen molar-refractivity contribution in [2.24, 2.45) is 52.3 Å². The maximum absolute atomic E-state index is 13.2. The van der Waals surface area contributed by atoms with Gasteiger partial charge in [-0.25, -0.2) is 0 Å². The molecule has 0 radical (unpaired) electrons. The van der Waals surface area contributed by atoms with E-state index in [1.54, 1.807) is 0 Å². The van der Waals surface area contributed by atoms with Crippen LogP contribution in [0.2, 0.25) is 0 Å². The highest BCUT2D eigenvalue weighted by Gasteiger charge is 2.62. The molecule has 2 heteroatoms. The number of hydrogen-bond acceptors (Lipinski definition) is 2. The Morgan fingerprint density at radius 3 is 2.34 bits per heavy atom. The molecule has 4 saturated carbocycles. The normalized spacial score (nSPS) is 45.7. The first kappa shape index (κ1) is 21.6. The van der Waals surface area contributed by atoms with Crippen LogP contribution < -0.4 is 0 Å². The van der Waals surface area contributed by atoms with E-state index in [1.807, 2.05) is 0 Å². The summed E-state index contributed by atoms with van der Waals surface area (Å²) in [5.74, 6) is 5.25. The van der Waals surface area contributed by atoms with Crippen molar-refractivity contribution in [3.8, 4) is 0 Å². The van der Waals surface area contributed by atoms with Crippen LogP contribution in [0.4, 0.5) is 0 Å². The van der Waals surface area contributed by atoms with E-state index in [0.29, 0.717) is 41.7 Å². The van der Waals surface area contributed by atoms with Gasteiger partial charge in [0.25, 0.3) is 0 Å². The molecule has 0 unspecified atom stereocenters. The number of Topliss-reactive ketones (excluding diaryl/α,β-unsaturated/α-hetero) is 2. The van der Waals surface area contributed by atoms with Gasteiger partial charge in [0, 0.05) is 25.2 Å². The van der Waals surface area contributed by atoms with Crippen molar-refractivity contribution in [2.75, 3.05) is 0 Å². The van der Waals surface area contributed by atoms with Crippen LogP contribution in [-0.4, -0.2) is 11.6 Å². The molecule has 0 bridgehead atoms. The maximum atomic E-state index is 13.2. The first-order valence-corrected chi connectivity index (χ1v) is 12.7. The Morgan fingerprint density at radius 1 is 0.897 bits per heavy atom. The Bertz CT molecular complexity index is 651. The van der Waals surface area contributed by atoms with Gasteiger partial charge in [-0.05, 0) is 78.4 Å². The van der Waals surface area contributed by atoms with Crippen LogP contribution in [0.25, 0.3) is 0 Å². The number of fused-ring (bicyclic) bond motifs is 5. The van der Waals surface area contributed by atoms with Crippen molar-refractivity contribution < 1.29 is 9.59 Å². The molecular formula is C27H44O2. The van der Waals surface area contributed by atoms with E-state index in [4.69, 9.17) is 0 Å². The fourth-order valence-corrected chi connectivity index (χ4v) is 8.86. The minimum absolute atomic E-state index is 0.0292. The lowest BCUT2D eigenvalue weighted by Crippen LogP contribution is -2.56. The fraction of sp³-hybridized carbons (Fsp3) is 0.926. The lowest BCUT2D eigenvalue weighted by Gasteiger charge is -2.59. The summed E-state index contributed by atoms with van der Waals surface area (Å²) in [6, 6.07) is 0. The topological polar surface area (TPSA) is 34.1 Å². The van der Waals surface area contributed by atoms with Gasteiger partial charge in [0.2, 0.25) is 0 Å². The third kappa shape index (κ3) is 3.55. The summed E-state index contributed by atoms with van der Waals surface area (Å²) in [5.41, 5.74) is 0.530. The molecule has 0 heterocycles. The summed E-state index contributed by atoms with van der Waals surface area (Å²) in [6.07, 6.45) is 12.4. The van der Waals surface area contributed by atoms with Crippen LogP contribution in [0, 0.1) is 52.3 Å². The zero-order valence-electron chi connectivity index (χ0n) is 19.6. The maximum Gasteiger partial charge on any atom is 0.137 e. The highest BCUT2D eigenvalue weighted by Crippen LogP contribution is 2.67. The van der Waals surface area contributed by atoms with Crippen LogP contribution in [0.5, 0.6) is 0 Å². The number of carbonyl (C=O) groups excluding carboxylic acids is 2. The number of hydrogen-bond donors (Lipinski definition) is 0. The Morgan fingerprint density at radius 2 is 1.62 bits per heavy atom. The third-order valence-electron chi connectivity index (χ3n) is 10.5. The van der Waals surface area contributed by atoms with Crippen LogP contribution in [0.15, 0.2) is 0 Å². The third-order valence-corrected chi connectivity index (χ3v) is 10.5. The van der Waals surface area contributed by atoms with E-state index < -0.39 is 0 Å². The lowest BCUT2D eigenvalue weighted by molar-refractivity contribution is -0.159. The second-order valence-electron chi connectivity index (χ2n) is 12.4. The van der Waals surface area contributed by atoms with Crippen molar-refractivity contribution in [1.82, 2.24) is 0 Å². The molecule has 0 spiro atoms. The molecule has 8 atom stereocenters. The predicted octanol–water partition coefficient (Wildman–Crippen LogP) is 6.86. The minimum atomic E-state index is 0.0292. The molecule has 4 aliphatic rings. The molecule has 0 aromatic carbocycles. The second kappa shape index (κ2) is 7.79. The van der Waals surface area contributed by atoms with E-state index in [-0.39, 0.29) is 11.3 Å². The standard InChI is InChI=1S/C27H44O2/c1-17(2)7-6-8-18(3)21-9-10-22-20-16-25(29)24-15-19(28)11-13-27(24,5)23(20)12-14-26(21,22)4/h17-18,20-24H,6-16H2,1-5H3/t18-,20+,21-,22+,23-,24+,26-,27-/m1/s1. The number of ketones is 2. The molecule has 0 amide bonds. The summed E-state index contributed by atoms with van der Waals surface area (Å²) in [7, 11) is 0. The van der Waals surface area contributed by atoms with Crippen LogP contribution in [-0.2, 0) is 9.59 Å². The van der Waals surface area contributed by atoms with Gasteiger partial charge in [0.05, 0.1) is 0 Å². The van der Waals surface area contributed by atoms with Gasteiger partial charge in [-0.15, -0.1) is 0 Å². The molecule has 4 rings (SSSR count). The quantitative estimate of drug-likeness (QED) is 0.505. The molecule has 4 aliphatic carbocycles. The Hall–Kier alpha value is -0.660. The van der Waals surface area contributed by atoms with Crippen molar-refractivity contribution in [2.45, 2.75) is 105 Å². The summed E-state index contributed by atoms with van der Waals surface area (Å²) in [5, 5.41) is 0. The minimum Gasteiger partial charge on any atom is -0.300 e. The molecule has 164 valence electrons. The Labute approximate surface area is 179 Å². The molecular weight excluding hydrogens is 356 g/mol. The van der Waals surface area contributed by atoms with Crippen molar-refractivity contribution in [1.29, 1.82) is 0 Å². The van der Waals surface area contributed by atoms with E-state index in [1.165, 1.54) is 44.9 Å². The molecule has 2 nitrogen and oxygen atoms in total. The largest absolute Gasteiger partial charge is 0.300 e. The van der Waals surface area contributed by atoms with Gasteiger partial charge in [0.15, 0.2) is 0 Å². The van der Waals surface area contributed by atoms with E-state index >= 15 is 0 Å². The monoisotopic (exact) mass is 400 g/mol. The smallest absolute Gasteiger partial charge is 0.137 e. The zero-order chi connectivity index (χ0) is 21.0. The van der Waals surface area contributed by atoms with Crippen molar-refractivity contribution in [3.63, 3.8) is 0 Å². The second-order valence-corrected chi connectivity index (χ2v) is 12.4. The molecule has 0 N–H and O–H groups in total. The van der Waals surface area contributed by atoms with Crippen molar-refractivity contribution in [3.05, 3.63) is 0 Å². The van der Waals surface area contributed by atoms with E-state index in [2.05, 4.69) is 34.6 Å². The molecule has 0 saturated heterocycles. The van der Waals surface area contributed by atoms with Gasteiger partial charge in [-0.3, -0.25) is 9.59 Å². The highest BCUT2D eigenvalue weighted by molar-refractivity contribution is 5.90. The van der Waals surface area contributed by atoms with Gasteiger partial charge in [0.1, 0.15) is 11.6 Å². The SMILES string of the molecule is CC(C)CCC[C@@H](C)[C@H]1CC[C@H]2[C@@H]3CC(=O)[C@@H]4CC(=O)CC[C@]4(C)[C@@H]3CC[C@]12C. The van der Waals surface area contributed by atoms with E-state index in [0.717, 1.165) is 36.5 Å². The lowest BCUT2D eigenvalue weighted by atomic mass is 9.44. The highest BCUT2D eigenvalue weighted by atomic mass is 16.1. The van der Waals surface area contributed by atoms with Gasteiger partial charge in [-0.1, -0.05) is 53.9 Å². The van der Waals surface area contributed by atoms with Gasteiger partial charge < -0.3 is 0 Å². The zero-order valence-corrected chi connectivity index (χ0v) is 19.6. The van der Waals surface area contributed by atoms with Crippen LogP contribution in [0.1, 0.15) is 105 Å².